The zero-order valence-corrected chi connectivity index (χ0v) is 41.8. The molecule has 0 aliphatic rings. The van der Waals surface area contributed by atoms with Gasteiger partial charge in [0, 0.05) is 38.0 Å². The van der Waals surface area contributed by atoms with Crippen LogP contribution in [0.1, 0.15) is 132 Å². The van der Waals surface area contributed by atoms with Crippen molar-refractivity contribution in [3.8, 4) is 17.2 Å². The van der Waals surface area contributed by atoms with E-state index in [2.05, 4.69) is 14.2 Å². The summed E-state index contributed by atoms with van der Waals surface area (Å²) in [5.74, 6) is 1.37. The van der Waals surface area contributed by atoms with Crippen LogP contribution in [0.25, 0.3) is 18.2 Å². The molecule has 3 aromatic carbocycles. The SMILES string of the molecule is COC(=O)/C=C/c1ccc(OCCCCCCCCOCC(COCCCCCCCCOc2ccc(/C=C/C(=O)OC)cc2)OCCCCCCCCOc2ccc(/C=C/C(=O)OC)cc2)cc1. The van der Waals surface area contributed by atoms with Gasteiger partial charge in [-0.3, -0.25) is 0 Å². The summed E-state index contributed by atoms with van der Waals surface area (Å²) in [4.78, 5) is 33.9. The fraction of sp³-hybridized carbons (Fsp3) is 0.526. The van der Waals surface area contributed by atoms with Crippen LogP contribution in [0, 0.1) is 0 Å². The minimum absolute atomic E-state index is 0.0693. The average Bonchev–Trinajstić information content (AvgIpc) is 3.38. The molecule has 0 bridgehead atoms. The van der Waals surface area contributed by atoms with Crippen LogP contribution < -0.4 is 14.2 Å². The van der Waals surface area contributed by atoms with Gasteiger partial charge in [0.1, 0.15) is 23.4 Å². The van der Waals surface area contributed by atoms with Crippen LogP contribution in [-0.2, 0) is 42.8 Å². The molecule has 0 unspecified atom stereocenters. The molecule has 12 heteroatoms. The Morgan fingerprint density at radius 3 is 0.913 bits per heavy atom. The molecule has 0 aromatic heterocycles. The van der Waals surface area contributed by atoms with Gasteiger partial charge in [-0.2, -0.15) is 0 Å². The maximum absolute atomic E-state index is 11.3. The summed E-state index contributed by atoms with van der Waals surface area (Å²) in [6.07, 6.45) is 29.3. The van der Waals surface area contributed by atoms with Gasteiger partial charge in [0.2, 0.25) is 0 Å². The minimum atomic E-state index is -0.375. The van der Waals surface area contributed by atoms with Crippen molar-refractivity contribution in [3.05, 3.63) is 108 Å². The second-order valence-electron chi connectivity index (χ2n) is 16.8. The van der Waals surface area contributed by atoms with Gasteiger partial charge in [0.15, 0.2) is 0 Å². The molecule has 0 saturated carbocycles. The normalized spacial score (nSPS) is 11.5. The van der Waals surface area contributed by atoms with Crippen LogP contribution in [-0.4, -0.2) is 98.2 Å². The molecule has 0 fully saturated rings. The Bertz CT molecular complexity index is 1760. The summed E-state index contributed by atoms with van der Waals surface area (Å²) in [7, 11) is 4.09. The lowest BCUT2D eigenvalue weighted by atomic mass is 10.1. The number of esters is 3. The molecule has 3 rings (SSSR count). The number of rotatable bonds is 41. The molecule has 0 atom stereocenters. The van der Waals surface area contributed by atoms with Crippen LogP contribution in [0.5, 0.6) is 17.2 Å². The Morgan fingerprint density at radius 2 is 0.623 bits per heavy atom. The summed E-state index contributed by atoms with van der Waals surface area (Å²) in [6.45, 7) is 5.31. The molecule has 0 N–H and O–H groups in total. The number of hydrogen-bond donors (Lipinski definition) is 0. The fourth-order valence-corrected chi connectivity index (χ4v) is 7.05. The van der Waals surface area contributed by atoms with Crippen molar-refractivity contribution in [3.63, 3.8) is 0 Å². The monoisotopic (exact) mass is 957 g/mol. The van der Waals surface area contributed by atoms with Crippen LogP contribution in [0.15, 0.2) is 91.0 Å². The highest BCUT2D eigenvalue weighted by atomic mass is 16.6. The first-order valence-corrected chi connectivity index (χ1v) is 25.1. The van der Waals surface area contributed by atoms with E-state index in [0.29, 0.717) is 39.6 Å². The number of carbonyl (C=O) groups excluding carboxylic acids is 3. The summed E-state index contributed by atoms with van der Waals surface area (Å²) in [6, 6.07) is 23.1. The molecule has 0 aliphatic heterocycles. The predicted molar refractivity (Wildman–Crippen MR) is 273 cm³/mol. The molecule has 0 aliphatic carbocycles. The number of unbranched alkanes of at least 4 members (excludes halogenated alkanes) is 15. The second-order valence-corrected chi connectivity index (χ2v) is 16.8. The fourth-order valence-electron chi connectivity index (χ4n) is 7.05. The predicted octanol–water partition coefficient (Wildman–Crippen LogP) is 12.2. The van der Waals surface area contributed by atoms with Gasteiger partial charge in [-0.25, -0.2) is 14.4 Å². The van der Waals surface area contributed by atoms with E-state index >= 15 is 0 Å². The standard InChI is InChI=1S/C57H80O12/c1-61-55(58)37-28-48-22-31-51(32-23-48)66-42-18-12-6-4-10-16-40-64-46-54(69-45-21-15-9-8-14-20-44-68-53-35-26-50(27-36-53)30-39-57(60)63-3)47-65-41-17-11-5-7-13-19-43-67-52-33-24-49(25-34-52)29-38-56(59)62-2/h22-39,54H,4-21,40-47H2,1-3H3/b37-28+,38-29+,39-30+. The molecule has 3 aromatic rings. The lowest BCUT2D eigenvalue weighted by Gasteiger charge is -2.18. The second kappa shape index (κ2) is 39.4. The van der Waals surface area contributed by atoms with Crippen LogP contribution >= 0.6 is 0 Å². The summed E-state index contributed by atoms with van der Waals surface area (Å²) in [5.41, 5.74) is 2.76. The highest BCUT2D eigenvalue weighted by molar-refractivity contribution is 5.88. The first-order chi connectivity index (χ1) is 33.9. The van der Waals surface area contributed by atoms with E-state index in [1.807, 2.05) is 72.8 Å². The van der Waals surface area contributed by atoms with E-state index in [4.69, 9.17) is 28.4 Å². The number of hydrogen-bond acceptors (Lipinski definition) is 12. The third kappa shape index (κ3) is 30.6. The van der Waals surface area contributed by atoms with E-state index < -0.39 is 0 Å². The molecule has 0 spiro atoms. The van der Waals surface area contributed by atoms with Crippen molar-refractivity contribution >= 4 is 36.1 Å². The Balaban J connectivity index is 1.23. The Labute approximate surface area is 412 Å². The molecule has 0 heterocycles. The van der Waals surface area contributed by atoms with Gasteiger partial charge in [0.25, 0.3) is 0 Å². The van der Waals surface area contributed by atoms with E-state index in [0.717, 1.165) is 124 Å². The highest BCUT2D eigenvalue weighted by Crippen LogP contribution is 2.18. The quantitative estimate of drug-likeness (QED) is 0.0232. The van der Waals surface area contributed by atoms with Gasteiger partial charge in [-0.1, -0.05) is 113 Å². The molecule has 12 nitrogen and oxygen atoms in total. The first-order valence-electron chi connectivity index (χ1n) is 25.1. The number of carbonyl (C=O) groups is 3. The van der Waals surface area contributed by atoms with Crippen molar-refractivity contribution in [2.45, 2.75) is 122 Å². The molecule has 0 saturated heterocycles. The van der Waals surface area contributed by atoms with Crippen LogP contribution in [0.2, 0.25) is 0 Å². The van der Waals surface area contributed by atoms with Gasteiger partial charge in [-0.15, -0.1) is 0 Å². The van der Waals surface area contributed by atoms with E-state index in [9.17, 15) is 14.4 Å². The van der Waals surface area contributed by atoms with Gasteiger partial charge < -0.3 is 42.6 Å². The molecular weight excluding hydrogens is 877 g/mol. The maximum atomic E-state index is 11.3. The van der Waals surface area contributed by atoms with E-state index in [-0.39, 0.29) is 24.0 Å². The molecule has 380 valence electrons. The Hall–Kier alpha value is -5.43. The Morgan fingerprint density at radius 1 is 0.362 bits per heavy atom. The molecule has 0 radical (unpaired) electrons. The van der Waals surface area contributed by atoms with Crippen molar-refractivity contribution < 1.29 is 57.0 Å². The third-order valence-corrected chi connectivity index (χ3v) is 11.2. The largest absolute Gasteiger partial charge is 0.494 e. The molecule has 0 amide bonds. The minimum Gasteiger partial charge on any atom is -0.494 e. The molecule has 69 heavy (non-hydrogen) atoms. The summed E-state index contributed by atoms with van der Waals surface area (Å²) in [5, 5.41) is 0. The molecular formula is C57H80O12. The van der Waals surface area contributed by atoms with Crippen molar-refractivity contribution in [2.75, 3.05) is 74.2 Å². The smallest absolute Gasteiger partial charge is 0.330 e. The zero-order valence-electron chi connectivity index (χ0n) is 41.8. The van der Waals surface area contributed by atoms with Crippen molar-refractivity contribution in [2.24, 2.45) is 0 Å². The highest BCUT2D eigenvalue weighted by Gasteiger charge is 2.11. The van der Waals surface area contributed by atoms with Gasteiger partial charge in [0.05, 0.1) is 54.4 Å². The van der Waals surface area contributed by atoms with Crippen LogP contribution in [0.4, 0.5) is 0 Å². The average molecular weight is 957 g/mol. The number of benzene rings is 3. The zero-order chi connectivity index (χ0) is 49.3. The third-order valence-electron chi connectivity index (χ3n) is 11.2. The van der Waals surface area contributed by atoms with Crippen molar-refractivity contribution in [1.82, 2.24) is 0 Å². The lowest BCUT2D eigenvalue weighted by molar-refractivity contribution is -0.135. The summed E-state index contributed by atoms with van der Waals surface area (Å²) < 4.78 is 50.1. The number of methoxy groups -OCH3 is 3. The Kier molecular flexibility index (Phi) is 33.1. The van der Waals surface area contributed by atoms with E-state index in [1.165, 1.54) is 78.1 Å². The lowest BCUT2D eigenvalue weighted by Crippen LogP contribution is -2.27. The first kappa shape index (κ1) is 57.9. The van der Waals surface area contributed by atoms with Crippen LogP contribution in [0.3, 0.4) is 0 Å². The number of ether oxygens (including phenoxy) is 9. The van der Waals surface area contributed by atoms with Gasteiger partial charge in [-0.05, 0) is 110 Å². The van der Waals surface area contributed by atoms with E-state index in [1.54, 1.807) is 18.2 Å². The van der Waals surface area contributed by atoms with Crippen molar-refractivity contribution in [1.29, 1.82) is 0 Å². The summed E-state index contributed by atoms with van der Waals surface area (Å²) >= 11 is 0. The van der Waals surface area contributed by atoms with Gasteiger partial charge >= 0.3 is 17.9 Å². The topological polar surface area (TPSA) is 134 Å². The maximum Gasteiger partial charge on any atom is 0.330 e.